The molecule has 1 amide bonds. The van der Waals surface area contributed by atoms with Gasteiger partial charge in [-0.1, -0.05) is 25.5 Å². The summed E-state index contributed by atoms with van der Waals surface area (Å²) in [5.74, 6) is 0.0812. The number of phenolic OH excluding ortho intramolecular Hbond substituents is 2. The van der Waals surface area contributed by atoms with Gasteiger partial charge in [0.2, 0.25) is 0 Å². The highest BCUT2D eigenvalue weighted by molar-refractivity contribution is 5.95. The lowest BCUT2D eigenvalue weighted by atomic mass is 9.98. The molecule has 9 heteroatoms. The van der Waals surface area contributed by atoms with Gasteiger partial charge in [0, 0.05) is 36.3 Å². The van der Waals surface area contributed by atoms with E-state index in [2.05, 4.69) is 39.7 Å². The number of aromatic nitrogens is 4. The summed E-state index contributed by atoms with van der Waals surface area (Å²) in [5.41, 5.74) is 2.08. The Hall–Kier alpha value is -3.46. The van der Waals surface area contributed by atoms with E-state index < -0.39 is 0 Å². The molecule has 1 aromatic heterocycles. The third kappa shape index (κ3) is 5.20. The average Bonchev–Trinajstić information content (AvgIpc) is 3.46. The molecule has 180 valence electrons. The number of rotatable bonds is 9. The largest absolute Gasteiger partial charge is 0.507 e. The second kappa shape index (κ2) is 10.6. The van der Waals surface area contributed by atoms with E-state index in [1.54, 1.807) is 28.9 Å². The second-order valence-corrected chi connectivity index (χ2v) is 8.87. The van der Waals surface area contributed by atoms with Crippen molar-refractivity contribution in [2.24, 2.45) is 0 Å². The van der Waals surface area contributed by atoms with Gasteiger partial charge in [-0.05, 0) is 73.5 Å². The Kier molecular flexibility index (Phi) is 7.42. The third-order valence-corrected chi connectivity index (χ3v) is 6.48. The van der Waals surface area contributed by atoms with Gasteiger partial charge in [-0.3, -0.25) is 4.79 Å². The molecule has 3 aromatic rings. The number of aryl methyl sites for hydroxylation is 1. The second-order valence-electron chi connectivity index (χ2n) is 8.87. The normalized spacial score (nSPS) is 16.1. The van der Waals surface area contributed by atoms with Crippen LogP contribution in [0.2, 0.25) is 0 Å². The van der Waals surface area contributed by atoms with Crippen LogP contribution in [0.5, 0.6) is 11.5 Å². The minimum Gasteiger partial charge on any atom is -0.507 e. The summed E-state index contributed by atoms with van der Waals surface area (Å²) in [6, 6.07) is 10.6. The maximum absolute atomic E-state index is 12.8. The van der Waals surface area contributed by atoms with Crippen LogP contribution in [-0.2, 0) is 6.54 Å². The maximum atomic E-state index is 12.8. The highest BCUT2D eigenvalue weighted by Crippen LogP contribution is 2.39. The van der Waals surface area contributed by atoms with Crippen LogP contribution < -0.4 is 5.32 Å². The zero-order valence-electron chi connectivity index (χ0n) is 19.7. The molecule has 1 atom stereocenters. The Morgan fingerprint density at radius 3 is 2.76 bits per heavy atom. The van der Waals surface area contributed by atoms with E-state index in [9.17, 15) is 15.0 Å². The zero-order valence-corrected chi connectivity index (χ0v) is 19.7. The molecule has 1 aliphatic heterocycles. The molecule has 2 heterocycles. The van der Waals surface area contributed by atoms with E-state index in [0.717, 1.165) is 25.8 Å². The number of carbonyl (C=O) groups excluding carboxylic acids is 1. The van der Waals surface area contributed by atoms with Crippen LogP contribution in [0.3, 0.4) is 0 Å². The first-order valence-electron chi connectivity index (χ1n) is 11.9. The molecule has 0 aliphatic carbocycles. The molecule has 1 saturated heterocycles. The van der Waals surface area contributed by atoms with E-state index in [0.29, 0.717) is 47.2 Å². The van der Waals surface area contributed by atoms with Crippen molar-refractivity contribution in [1.82, 2.24) is 30.4 Å². The smallest absolute Gasteiger partial charge is 0.251 e. The number of phenols is 2. The molecule has 0 spiro atoms. The molecular formula is C25H32N6O3. The van der Waals surface area contributed by atoms with Crippen molar-refractivity contribution in [1.29, 1.82) is 0 Å². The lowest BCUT2D eigenvalue weighted by Gasteiger charge is -2.19. The minimum atomic E-state index is -0.149. The van der Waals surface area contributed by atoms with Crippen LogP contribution in [0.4, 0.5) is 0 Å². The fourth-order valence-corrected chi connectivity index (χ4v) is 4.47. The number of likely N-dealkylation sites (tertiary alicyclic amines) is 1. The van der Waals surface area contributed by atoms with Crippen molar-refractivity contribution in [3.05, 3.63) is 42.0 Å². The van der Waals surface area contributed by atoms with Crippen molar-refractivity contribution in [3.63, 3.8) is 0 Å². The van der Waals surface area contributed by atoms with Crippen molar-refractivity contribution in [2.75, 3.05) is 20.1 Å². The van der Waals surface area contributed by atoms with Crippen molar-refractivity contribution in [2.45, 2.75) is 51.6 Å². The maximum Gasteiger partial charge on any atom is 0.251 e. The van der Waals surface area contributed by atoms with Gasteiger partial charge in [0.1, 0.15) is 11.5 Å². The molecule has 1 unspecified atom stereocenters. The lowest BCUT2D eigenvalue weighted by molar-refractivity contribution is 0.0950. The molecular weight excluding hydrogens is 432 g/mol. The lowest BCUT2D eigenvalue weighted by Crippen LogP contribution is -2.31. The Balaban J connectivity index is 1.54. The van der Waals surface area contributed by atoms with Crippen LogP contribution in [0.1, 0.15) is 49.4 Å². The number of unbranched alkanes of at least 4 members (excludes halogenated alkanes) is 1. The molecule has 1 aliphatic rings. The summed E-state index contributed by atoms with van der Waals surface area (Å²) in [4.78, 5) is 15.1. The number of hydrogen-bond acceptors (Lipinski definition) is 7. The molecule has 1 fully saturated rings. The van der Waals surface area contributed by atoms with Crippen molar-refractivity contribution < 1.29 is 15.0 Å². The van der Waals surface area contributed by atoms with E-state index in [1.165, 1.54) is 18.9 Å². The fraction of sp³-hybridized carbons (Fsp3) is 0.440. The number of tetrazole rings is 1. The van der Waals surface area contributed by atoms with Crippen LogP contribution in [-0.4, -0.2) is 67.4 Å². The van der Waals surface area contributed by atoms with Gasteiger partial charge in [-0.25, -0.2) is 4.68 Å². The van der Waals surface area contributed by atoms with Crippen molar-refractivity contribution in [3.8, 4) is 34.0 Å². The number of carbonyl (C=O) groups is 1. The van der Waals surface area contributed by atoms with Crippen LogP contribution >= 0.6 is 0 Å². The number of nitrogens with one attached hydrogen (secondary N) is 1. The SMILES string of the molecule is CCCCn1nnnc1-c1cc(-c2cccc(C(=O)NCCC3CCCN3C)c2)c(O)cc1O. The number of amides is 1. The average molecular weight is 465 g/mol. The van der Waals surface area contributed by atoms with E-state index in [-0.39, 0.29) is 17.4 Å². The van der Waals surface area contributed by atoms with Gasteiger partial charge in [0.05, 0.1) is 5.56 Å². The molecule has 2 aromatic carbocycles. The first kappa shape index (κ1) is 23.7. The van der Waals surface area contributed by atoms with Gasteiger partial charge < -0.3 is 20.4 Å². The first-order chi connectivity index (χ1) is 16.5. The predicted molar refractivity (Wildman–Crippen MR) is 130 cm³/mol. The summed E-state index contributed by atoms with van der Waals surface area (Å²) >= 11 is 0. The summed E-state index contributed by atoms with van der Waals surface area (Å²) in [6.45, 7) is 4.44. The minimum absolute atomic E-state index is 0.0874. The molecule has 3 N–H and O–H groups in total. The summed E-state index contributed by atoms with van der Waals surface area (Å²) in [7, 11) is 2.13. The quantitative estimate of drug-likeness (QED) is 0.444. The molecule has 0 radical (unpaired) electrons. The number of aromatic hydroxyl groups is 2. The molecule has 34 heavy (non-hydrogen) atoms. The van der Waals surface area contributed by atoms with Gasteiger partial charge in [-0.2, -0.15) is 0 Å². The Bertz CT molecular complexity index is 1150. The summed E-state index contributed by atoms with van der Waals surface area (Å²) in [6.07, 6.45) is 5.19. The van der Waals surface area contributed by atoms with E-state index in [4.69, 9.17) is 0 Å². The van der Waals surface area contributed by atoms with Crippen LogP contribution in [0.15, 0.2) is 36.4 Å². The van der Waals surface area contributed by atoms with Crippen LogP contribution in [0.25, 0.3) is 22.5 Å². The van der Waals surface area contributed by atoms with Crippen LogP contribution in [0, 0.1) is 0 Å². The van der Waals surface area contributed by atoms with Gasteiger partial charge in [0.15, 0.2) is 5.82 Å². The third-order valence-electron chi connectivity index (χ3n) is 6.48. The van der Waals surface area contributed by atoms with Crippen molar-refractivity contribution >= 4 is 5.91 Å². The number of nitrogens with zero attached hydrogens (tertiary/aromatic N) is 5. The standard InChI is InChI=1S/C25H32N6O3/c1-3-4-13-31-24(27-28-29-31)21-15-20(22(32)16-23(21)33)17-7-5-8-18(14-17)25(34)26-11-10-19-9-6-12-30(19)2/h5,7-8,14-16,19,32-33H,3-4,6,9-13H2,1-2H3,(H,26,34). The fourth-order valence-electron chi connectivity index (χ4n) is 4.47. The number of benzene rings is 2. The monoisotopic (exact) mass is 464 g/mol. The molecule has 0 saturated carbocycles. The van der Waals surface area contributed by atoms with Gasteiger partial charge in [-0.15, -0.1) is 5.10 Å². The molecule has 0 bridgehead atoms. The summed E-state index contributed by atoms with van der Waals surface area (Å²) in [5, 5.41) is 35.9. The Morgan fingerprint density at radius 1 is 1.18 bits per heavy atom. The molecule has 4 rings (SSSR count). The highest BCUT2D eigenvalue weighted by Gasteiger charge is 2.21. The van der Waals surface area contributed by atoms with E-state index >= 15 is 0 Å². The Labute approximate surface area is 199 Å². The Morgan fingerprint density at radius 2 is 2.00 bits per heavy atom. The van der Waals surface area contributed by atoms with Gasteiger partial charge >= 0.3 is 0 Å². The topological polar surface area (TPSA) is 116 Å². The summed E-state index contributed by atoms with van der Waals surface area (Å²) < 4.78 is 1.64. The number of hydrogen-bond donors (Lipinski definition) is 3. The van der Waals surface area contributed by atoms with Gasteiger partial charge in [0.25, 0.3) is 5.91 Å². The first-order valence-corrected chi connectivity index (χ1v) is 11.9. The predicted octanol–water partition coefficient (Wildman–Crippen LogP) is 3.43. The van der Waals surface area contributed by atoms with E-state index in [1.807, 2.05) is 6.07 Å². The zero-order chi connectivity index (χ0) is 24.1. The highest BCUT2D eigenvalue weighted by atomic mass is 16.3. The molecule has 9 nitrogen and oxygen atoms in total.